The molecule has 4 heterocycles. The first-order valence-electron chi connectivity index (χ1n) is 9.10. The molecule has 7 heteroatoms. The molecular formula is C17H27N7. The van der Waals surface area contributed by atoms with Gasteiger partial charge in [0.25, 0.3) is 0 Å². The van der Waals surface area contributed by atoms with Crippen molar-refractivity contribution in [3.63, 3.8) is 0 Å². The Morgan fingerprint density at radius 3 is 3.04 bits per heavy atom. The highest BCUT2D eigenvalue weighted by Crippen LogP contribution is 2.21. The molecule has 0 aromatic carbocycles. The number of rotatable bonds is 5. The van der Waals surface area contributed by atoms with Crippen LogP contribution in [0.5, 0.6) is 0 Å². The molecule has 4 rings (SSSR count). The minimum atomic E-state index is 0.757. The third kappa shape index (κ3) is 3.52. The van der Waals surface area contributed by atoms with Crippen molar-refractivity contribution >= 4 is 0 Å². The summed E-state index contributed by atoms with van der Waals surface area (Å²) < 4.78 is 3.88. The van der Waals surface area contributed by atoms with Crippen LogP contribution in [0, 0.1) is 0 Å². The SMILES string of the molecule is Cn1nccc1CCn1cc(CN2CCN3CCCCC3C2)nn1. The van der Waals surface area contributed by atoms with Crippen molar-refractivity contribution in [3.05, 3.63) is 29.8 Å². The van der Waals surface area contributed by atoms with Gasteiger partial charge in [-0.15, -0.1) is 5.10 Å². The van der Waals surface area contributed by atoms with Crippen LogP contribution in [-0.4, -0.2) is 66.8 Å². The summed E-state index contributed by atoms with van der Waals surface area (Å²) in [5.41, 5.74) is 2.31. The fourth-order valence-electron chi connectivity index (χ4n) is 3.99. The van der Waals surface area contributed by atoms with Crippen molar-refractivity contribution in [2.45, 2.75) is 44.8 Å². The van der Waals surface area contributed by atoms with E-state index in [1.807, 2.05) is 22.6 Å². The van der Waals surface area contributed by atoms with E-state index in [2.05, 4.69) is 37.5 Å². The number of piperazine rings is 1. The van der Waals surface area contributed by atoms with Crippen molar-refractivity contribution in [3.8, 4) is 0 Å². The van der Waals surface area contributed by atoms with Gasteiger partial charge in [-0.2, -0.15) is 5.10 Å². The molecular weight excluding hydrogens is 302 g/mol. The number of nitrogens with zero attached hydrogens (tertiary/aromatic N) is 7. The van der Waals surface area contributed by atoms with Crippen molar-refractivity contribution < 1.29 is 0 Å². The minimum Gasteiger partial charge on any atom is -0.298 e. The van der Waals surface area contributed by atoms with Crippen molar-refractivity contribution in [1.82, 2.24) is 34.6 Å². The molecule has 2 aromatic rings. The van der Waals surface area contributed by atoms with Crippen LogP contribution in [-0.2, 0) is 26.6 Å². The summed E-state index contributed by atoms with van der Waals surface area (Å²) in [7, 11) is 1.98. The van der Waals surface area contributed by atoms with Gasteiger partial charge in [-0.1, -0.05) is 11.6 Å². The van der Waals surface area contributed by atoms with Gasteiger partial charge in [0.2, 0.25) is 0 Å². The largest absolute Gasteiger partial charge is 0.298 e. The highest BCUT2D eigenvalue weighted by atomic mass is 15.4. The second kappa shape index (κ2) is 7.03. The molecule has 1 unspecified atom stereocenters. The van der Waals surface area contributed by atoms with Gasteiger partial charge in [-0.25, -0.2) is 0 Å². The maximum absolute atomic E-state index is 4.37. The third-order valence-corrected chi connectivity index (χ3v) is 5.41. The normalized spacial score (nSPS) is 22.6. The van der Waals surface area contributed by atoms with Gasteiger partial charge >= 0.3 is 0 Å². The Bertz CT molecular complexity index is 661. The zero-order valence-corrected chi connectivity index (χ0v) is 14.5. The summed E-state index contributed by atoms with van der Waals surface area (Å²) in [6.45, 7) is 6.61. The van der Waals surface area contributed by atoms with Crippen LogP contribution >= 0.6 is 0 Å². The van der Waals surface area contributed by atoms with Gasteiger partial charge in [0.1, 0.15) is 0 Å². The number of hydrogen-bond acceptors (Lipinski definition) is 5. The van der Waals surface area contributed by atoms with Gasteiger partial charge in [0.15, 0.2) is 0 Å². The van der Waals surface area contributed by atoms with Crippen molar-refractivity contribution in [2.24, 2.45) is 7.05 Å². The van der Waals surface area contributed by atoms with E-state index in [-0.39, 0.29) is 0 Å². The van der Waals surface area contributed by atoms with Crippen LogP contribution in [0.3, 0.4) is 0 Å². The summed E-state index contributed by atoms with van der Waals surface area (Å²) >= 11 is 0. The Balaban J connectivity index is 1.30. The fraction of sp³-hybridized carbons (Fsp3) is 0.706. The molecule has 0 radical (unpaired) electrons. The average molecular weight is 329 g/mol. The summed E-state index contributed by atoms with van der Waals surface area (Å²) in [5, 5.41) is 12.9. The lowest BCUT2D eigenvalue weighted by molar-refractivity contribution is 0.0451. The summed E-state index contributed by atoms with van der Waals surface area (Å²) in [4.78, 5) is 5.21. The van der Waals surface area contributed by atoms with Gasteiger partial charge in [-0.05, 0) is 25.5 Å². The lowest BCUT2D eigenvalue weighted by Crippen LogP contribution is -2.54. The van der Waals surface area contributed by atoms with E-state index in [0.29, 0.717) is 0 Å². The van der Waals surface area contributed by atoms with Gasteiger partial charge in [0, 0.05) is 70.3 Å². The van der Waals surface area contributed by atoms with E-state index in [4.69, 9.17) is 0 Å². The number of hydrogen-bond donors (Lipinski definition) is 0. The molecule has 2 aliphatic rings. The molecule has 1 atom stereocenters. The lowest BCUT2D eigenvalue weighted by atomic mass is 9.99. The van der Waals surface area contributed by atoms with Gasteiger partial charge in [0.05, 0.1) is 5.69 Å². The first-order valence-corrected chi connectivity index (χ1v) is 9.10. The molecule has 0 bridgehead atoms. The topological polar surface area (TPSA) is 55.0 Å². The van der Waals surface area contributed by atoms with Crippen LogP contribution in [0.2, 0.25) is 0 Å². The highest BCUT2D eigenvalue weighted by molar-refractivity contribution is 5.00. The van der Waals surface area contributed by atoms with E-state index in [1.54, 1.807) is 0 Å². The summed E-state index contributed by atoms with van der Waals surface area (Å²) in [5.74, 6) is 0. The van der Waals surface area contributed by atoms with Crippen molar-refractivity contribution in [1.29, 1.82) is 0 Å². The van der Waals surface area contributed by atoms with E-state index in [0.717, 1.165) is 37.8 Å². The first kappa shape index (κ1) is 15.8. The second-order valence-electron chi connectivity index (χ2n) is 7.09. The van der Waals surface area contributed by atoms with Crippen LogP contribution in [0.25, 0.3) is 0 Å². The Labute approximate surface area is 143 Å². The molecule has 2 aromatic heterocycles. The number of aromatic nitrogens is 5. The minimum absolute atomic E-state index is 0.757. The third-order valence-electron chi connectivity index (χ3n) is 5.41. The number of aryl methyl sites for hydroxylation is 3. The first-order chi connectivity index (χ1) is 11.8. The Hall–Kier alpha value is -1.73. The quantitative estimate of drug-likeness (QED) is 0.817. The standard InChI is InChI=1S/C17H27N7/c1-21-16(5-7-18-21)6-9-24-13-15(19-20-24)12-22-10-11-23-8-3-2-4-17(23)14-22/h5,7,13,17H,2-4,6,8-12,14H2,1H3. The molecule has 0 aliphatic carbocycles. The molecule has 130 valence electrons. The van der Waals surface area contributed by atoms with E-state index in [9.17, 15) is 0 Å². The maximum Gasteiger partial charge on any atom is 0.0967 e. The fourth-order valence-corrected chi connectivity index (χ4v) is 3.99. The van der Waals surface area contributed by atoms with E-state index < -0.39 is 0 Å². The summed E-state index contributed by atoms with van der Waals surface area (Å²) in [6, 6.07) is 2.81. The summed E-state index contributed by atoms with van der Waals surface area (Å²) in [6.07, 6.45) is 8.99. The lowest BCUT2D eigenvalue weighted by Gasteiger charge is -2.43. The van der Waals surface area contributed by atoms with E-state index in [1.165, 1.54) is 44.6 Å². The smallest absolute Gasteiger partial charge is 0.0967 e. The number of piperidine rings is 1. The van der Waals surface area contributed by atoms with Crippen molar-refractivity contribution in [2.75, 3.05) is 26.2 Å². The van der Waals surface area contributed by atoms with Crippen LogP contribution in [0.15, 0.2) is 18.5 Å². The molecule has 7 nitrogen and oxygen atoms in total. The average Bonchev–Trinajstić information content (AvgIpc) is 3.22. The molecule has 24 heavy (non-hydrogen) atoms. The Kier molecular flexibility index (Phi) is 4.62. The van der Waals surface area contributed by atoms with Gasteiger partial charge < -0.3 is 0 Å². The molecule has 0 N–H and O–H groups in total. The number of fused-ring (bicyclic) bond motifs is 1. The second-order valence-corrected chi connectivity index (χ2v) is 7.09. The van der Waals surface area contributed by atoms with Crippen LogP contribution in [0.1, 0.15) is 30.7 Å². The molecule has 2 fully saturated rings. The molecule has 2 aliphatic heterocycles. The Morgan fingerprint density at radius 2 is 2.17 bits per heavy atom. The molecule has 0 amide bonds. The van der Waals surface area contributed by atoms with Crippen LogP contribution < -0.4 is 0 Å². The molecule has 0 saturated carbocycles. The Morgan fingerprint density at radius 1 is 1.21 bits per heavy atom. The monoisotopic (exact) mass is 329 g/mol. The van der Waals surface area contributed by atoms with E-state index >= 15 is 0 Å². The zero-order valence-electron chi connectivity index (χ0n) is 14.5. The predicted octanol–water partition coefficient (Wildman–Crippen LogP) is 0.924. The molecule has 0 spiro atoms. The highest BCUT2D eigenvalue weighted by Gasteiger charge is 2.28. The maximum atomic E-state index is 4.37. The van der Waals surface area contributed by atoms with Gasteiger partial charge in [-0.3, -0.25) is 19.2 Å². The predicted molar refractivity (Wildman–Crippen MR) is 91.4 cm³/mol. The zero-order chi connectivity index (χ0) is 16.4. The molecule has 2 saturated heterocycles. The van der Waals surface area contributed by atoms with Crippen LogP contribution in [0.4, 0.5) is 0 Å².